The molecule has 0 fully saturated rings. The molecule has 0 amide bonds. The molecule has 0 aliphatic rings. The molecule has 0 aliphatic heterocycles. The van der Waals surface area contributed by atoms with Gasteiger partial charge in [0, 0.05) is 37.2 Å². The average molecular weight is 203 g/mol. The van der Waals surface area contributed by atoms with Gasteiger partial charge in [-0.1, -0.05) is 0 Å². The Bertz CT molecular complexity index is 216. The molecule has 0 aromatic rings. The molecule has 0 aliphatic carbocycles. The van der Waals surface area contributed by atoms with Gasteiger partial charge in [0.15, 0.2) is 0 Å². The summed E-state index contributed by atoms with van der Waals surface area (Å²) in [5, 5.41) is 39.5. The zero-order valence-electron chi connectivity index (χ0n) is 7.02. The van der Waals surface area contributed by atoms with Crippen molar-refractivity contribution in [1.29, 1.82) is 0 Å². The van der Waals surface area contributed by atoms with E-state index in [4.69, 9.17) is 0 Å². The predicted molar refractivity (Wildman–Crippen MR) is 33.8 cm³/mol. The van der Waals surface area contributed by atoms with E-state index in [-0.39, 0.29) is 0 Å². The molecule has 0 spiro atoms. The molecule has 0 aromatic carbocycles. The van der Waals surface area contributed by atoms with Gasteiger partial charge in [0.2, 0.25) is 0 Å². The van der Waals surface area contributed by atoms with E-state index in [2.05, 4.69) is 0 Å². The second-order valence-corrected chi connectivity index (χ2v) is 2.87. The summed E-state index contributed by atoms with van der Waals surface area (Å²) in [6, 6.07) is 0. The van der Waals surface area contributed by atoms with E-state index in [0.29, 0.717) is 0 Å². The van der Waals surface area contributed by atoms with Crippen LogP contribution in [0.5, 0.6) is 0 Å². The van der Waals surface area contributed by atoms with Crippen molar-refractivity contribution in [2.24, 2.45) is 0 Å². The second kappa shape index (κ2) is 4.56. The van der Waals surface area contributed by atoms with Crippen LogP contribution in [-0.4, -0.2) is 28.6 Å². The summed E-state index contributed by atoms with van der Waals surface area (Å²) in [6.45, 7) is 0. The highest BCUT2D eigenvalue weighted by Gasteiger charge is 2.27. The van der Waals surface area contributed by atoms with E-state index >= 15 is 0 Å². The first-order chi connectivity index (χ1) is 6.25. The monoisotopic (exact) mass is 203 g/mol. The van der Waals surface area contributed by atoms with Crippen LogP contribution in [0.1, 0.15) is 19.3 Å². The summed E-state index contributed by atoms with van der Waals surface area (Å²) >= 11 is 0. The fourth-order valence-corrected chi connectivity index (χ4v) is 0.994. The van der Waals surface area contributed by atoms with Gasteiger partial charge in [-0.2, -0.15) is 0 Å². The number of hydrogen-bond donors (Lipinski definition) is 1. The minimum absolute atomic E-state index is 1.10. The van der Waals surface area contributed by atoms with Crippen LogP contribution in [0.3, 0.4) is 0 Å². The highest BCUT2D eigenvalue weighted by atomic mass is 16.4. The second-order valence-electron chi connectivity index (χ2n) is 2.87. The summed E-state index contributed by atoms with van der Waals surface area (Å²) in [5.41, 5.74) is -2.42. The summed E-state index contributed by atoms with van der Waals surface area (Å²) in [5.74, 6) is -5.26. The number of rotatable bonds is 6. The number of hydrogen-bond acceptors (Lipinski definition) is 7. The molecule has 1 N–H and O–H groups in total. The van der Waals surface area contributed by atoms with E-state index in [9.17, 15) is 34.8 Å². The lowest BCUT2D eigenvalue weighted by molar-refractivity contribution is -0.319. The molecule has 0 bridgehead atoms. The molecule has 0 radical (unpaired) electrons. The van der Waals surface area contributed by atoms with Gasteiger partial charge < -0.3 is 34.8 Å². The largest absolute Gasteiger partial charge is 0.550 e. The van der Waals surface area contributed by atoms with Gasteiger partial charge in [-0.25, -0.2) is 0 Å². The standard InChI is InChI=1S/C7H10O7/c8-4(9)1-7(14,2-5(10)11)3-6(12)13/h14H,1-3H2,(H,8,9)(H,10,11)(H,12,13)/p-3. The maximum atomic E-state index is 10.1. The van der Waals surface area contributed by atoms with Crippen molar-refractivity contribution in [2.45, 2.75) is 24.9 Å². The lowest BCUT2D eigenvalue weighted by atomic mass is 9.92. The molecule has 0 aromatic heterocycles. The zero-order chi connectivity index (χ0) is 11.4. The highest BCUT2D eigenvalue weighted by molar-refractivity contribution is 5.74. The van der Waals surface area contributed by atoms with Crippen LogP contribution in [0, 0.1) is 0 Å². The molecular formula is C7H7O7-3. The van der Waals surface area contributed by atoms with Crippen molar-refractivity contribution < 1.29 is 34.8 Å². The Kier molecular flexibility index (Phi) is 4.03. The third kappa shape index (κ3) is 5.09. The molecule has 80 valence electrons. The van der Waals surface area contributed by atoms with Crippen molar-refractivity contribution in [3.05, 3.63) is 0 Å². The molecule has 0 saturated carbocycles. The maximum Gasteiger partial charge on any atom is 0.0803 e. The van der Waals surface area contributed by atoms with Crippen molar-refractivity contribution in [2.75, 3.05) is 0 Å². The number of carbonyl (C=O) groups is 3. The van der Waals surface area contributed by atoms with Crippen LogP contribution >= 0.6 is 0 Å². The maximum absolute atomic E-state index is 10.1. The molecule has 7 heteroatoms. The summed E-state index contributed by atoms with van der Waals surface area (Å²) in [6.07, 6.45) is -3.31. The topological polar surface area (TPSA) is 141 Å². The number of aliphatic hydroxyl groups is 1. The zero-order valence-corrected chi connectivity index (χ0v) is 7.02. The normalized spacial score (nSPS) is 10.9. The summed E-state index contributed by atoms with van der Waals surface area (Å²) < 4.78 is 0. The summed E-state index contributed by atoms with van der Waals surface area (Å²) in [4.78, 5) is 30.2. The predicted octanol–water partition coefficient (Wildman–Crippen LogP) is -4.86. The van der Waals surface area contributed by atoms with Gasteiger partial charge >= 0.3 is 0 Å². The van der Waals surface area contributed by atoms with E-state index in [1.807, 2.05) is 0 Å². The number of carbonyl (C=O) groups excluding carboxylic acids is 3. The first-order valence-electron chi connectivity index (χ1n) is 3.57. The van der Waals surface area contributed by atoms with E-state index in [1.165, 1.54) is 0 Å². The first-order valence-corrected chi connectivity index (χ1v) is 3.57. The van der Waals surface area contributed by atoms with E-state index in [1.54, 1.807) is 0 Å². The summed E-state index contributed by atoms with van der Waals surface area (Å²) in [7, 11) is 0. The number of carboxylic acid groups (broad SMARTS) is 3. The Morgan fingerprint density at radius 1 is 0.857 bits per heavy atom. The van der Waals surface area contributed by atoms with Crippen LogP contribution < -0.4 is 15.3 Å². The third-order valence-electron chi connectivity index (χ3n) is 1.42. The Labute approximate surface area is 78.6 Å². The van der Waals surface area contributed by atoms with E-state index < -0.39 is 42.8 Å². The fraction of sp³-hybridized carbons (Fsp3) is 0.571. The lowest BCUT2D eigenvalue weighted by Crippen LogP contribution is -2.46. The Morgan fingerprint density at radius 3 is 1.21 bits per heavy atom. The van der Waals surface area contributed by atoms with Gasteiger partial charge in [0.05, 0.1) is 5.60 Å². The van der Waals surface area contributed by atoms with E-state index in [0.717, 1.165) is 0 Å². The molecule has 14 heavy (non-hydrogen) atoms. The number of carboxylic acids is 3. The molecule has 7 nitrogen and oxygen atoms in total. The molecule has 0 atom stereocenters. The van der Waals surface area contributed by atoms with Crippen LogP contribution in [0.4, 0.5) is 0 Å². The van der Waals surface area contributed by atoms with Gasteiger partial charge in [-0.05, 0) is 0 Å². The van der Waals surface area contributed by atoms with Crippen LogP contribution in [-0.2, 0) is 14.4 Å². The smallest absolute Gasteiger partial charge is 0.0803 e. The number of aliphatic carboxylic acids is 3. The minimum atomic E-state index is -2.42. The Balaban J connectivity index is 4.56. The average Bonchev–Trinajstić information content (AvgIpc) is 1.76. The van der Waals surface area contributed by atoms with Crippen molar-refractivity contribution in [3.63, 3.8) is 0 Å². The van der Waals surface area contributed by atoms with Gasteiger partial charge in [-0.15, -0.1) is 0 Å². The van der Waals surface area contributed by atoms with Gasteiger partial charge in [0.25, 0.3) is 0 Å². The van der Waals surface area contributed by atoms with Gasteiger partial charge in [0.1, 0.15) is 0 Å². The van der Waals surface area contributed by atoms with Crippen LogP contribution in [0.2, 0.25) is 0 Å². The lowest BCUT2D eigenvalue weighted by Gasteiger charge is -2.29. The fourth-order valence-electron chi connectivity index (χ4n) is 0.994. The molecular weight excluding hydrogens is 196 g/mol. The van der Waals surface area contributed by atoms with Gasteiger partial charge in [-0.3, -0.25) is 0 Å². The minimum Gasteiger partial charge on any atom is -0.550 e. The highest BCUT2D eigenvalue weighted by Crippen LogP contribution is 2.18. The Hall–Kier alpha value is -1.63. The van der Waals surface area contributed by atoms with Crippen LogP contribution in [0.25, 0.3) is 0 Å². The van der Waals surface area contributed by atoms with Crippen molar-refractivity contribution >= 4 is 17.9 Å². The SMILES string of the molecule is O=C([O-])CC(O)(CC(=O)[O-])CC(=O)[O-]. The van der Waals surface area contributed by atoms with Crippen molar-refractivity contribution in [1.82, 2.24) is 0 Å². The quantitative estimate of drug-likeness (QED) is 0.456. The molecule has 0 unspecified atom stereocenters. The third-order valence-corrected chi connectivity index (χ3v) is 1.42. The Morgan fingerprint density at radius 2 is 1.07 bits per heavy atom. The molecule has 0 rings (SSSR count). The first kappa shape index (κ1) is 12.4. The molecule has 0 saturated heterocycles. The molecule has 0 heterocycles. The van der Waals surface area contributed by atoms with Crippen LogP contribution in [0.15, 0.2) is 0 Å². The van der Waals surface area contributed by atoms with Crippen molar-refractivity contribution in [3.8, 4) is 0 Å².